The minimum atomic E-state index is -0.748. The van der Waals surface area contributed by atoms with Crippen LogP contribution in [0.3, 0.4) is 0 Å². The van der Waals surface area contributed by atoms with Gasteiger partial charge in [-0.1, -0.05) is 6.58 Å². The highest BCUT2D eigenvalue weighted by Crippen LogP contribution is 2.29. The summed E-state index contributed by atoms with van der Waals surface area (Å²) in [4.78, 5) is 21.9. The first-order chi connectivity index (χ1) is 12.8. The lowest BCUT2D eigenvalue weighted by atomic mass is 9.88. The number of nitrogens with one attached hydrogen (secondary N) is 2. The van der Waals surface area contributed by atoms with Crippen molar-refractivity contribution >= 4 is 23.3 Å². The van der Waals surface area contributed by atoms with Crippen molar-refractivity contribution in [3.63, 3.8) is 0 Å². The maximum Gasteiger partial charge on any atom is 0.303 e. The van der Waals surface area contributed by atoms with E-state index < -0.39 is 5.97 Å². The van der Waals surface area contributed by atoms with Gasteiger partial charge in [0.1, 0.15) is 0 Å². The summed E-state index contributed by atoms with van der Waals surface area (Å²) in [5, 5.41) is 15.6. The summed E-state index contributed by atoms with van der Waals surface area (Å²) in [6.07, 6.45) is 5.22. The third-order valence-corrected chi connectivity index (χ3v) is 5.65. The summed E-state index contributed by atoms with van der Waals surface area (Å²) in [6.45, 7) is 8.41. The Morgan fingerprint density at radius 2 is 2.26 bits per heavy atom. The number of nitrogens with zero attached hydrogens (tertiary/aromatic N) is 2. The summed E-state index contributed by atoms with van der Waals surface area (Å²) in [5.74, 6) is -0.120. The van der Waals surface area contributed by atoms with E-state index in [0.29, 0.717) is 12.4 Å². The highest BCUT2D eigenvalue weighted by Gasteiger charge is 2.29. The third kappa shape index (κ3) is 5.53. The highest BCUT2D eigenvalue weighted by molar-refractivity contribution is 7.15. The molecule has 1 fully saturated rings. The zero-order valence-corrected chi connectivity index (χ0v) is 16.6. The van der Waals surface area contributed by atoms with E-state index in [-0.39, 0.29) is 18.0 Å². The number of piperidine rings is 1. The number of hydrogen-bond donors (Lipinski definition) is 3. The van der Waals surface area contributed by atoms with Crippen LogP contribution < -0.4 is 10.6 Å². The molecule has 1 aliphatic rings. The average Bonchev–Trinajstić information content (AvgIpc) is 3.01. The van der Waals surface area contributed by atoms with E-state index in [1.807, 2.05) is 12.1 Å². The van der Waals surface area contributed by atoms with Crippen molar-refractivity contribution < 1.29 is 9.90 Å². The third-order valence-electron chi connectivity index (χ3n) is 4.48. The zero-order chi connectivity index (χ0) is 19.4. The number of carbonyl (C=O) groups is 1. The number of carboxylic acid groups (broad SMARTS) is 1. The van der Waals surface area contributed by atoms with E-state index in [2.05, 4.69) is 47.1 Å². The molecule has 0 spiro atoms. The Morgan fingerprint density at radius 3 is 3.00 bits per heavy atom. The lowest BCUT2D eigenvalue weighted by Crippen LogP contribution is -2.48. The molecule has 3 rings (SSSR count). The molecule has 3 heterocycles. The molecule has 0 saturated carbocycles. The van der Waals surface area contributed by atoms with Crippen LogP contribution in [-0.4, -0.2) is 32.6 Å². The molecule has 2 aromatic heterocycles. The van der Waals surface area contributed by atoms with Crippen LogP contribution in [0.25, 0.3) is 10.6 Å². The van der Waals surface area contributed by atoms with Crippen LogP contribution in [0.5, 0.6) is 0 Å². The highest BCUT2D eigenvalue weighted by atomic mass is 32.1. The van der Waals surface area contributed by atoms with Crippen LogP contribution in [0.1, 0.15) is 44.4 Å². The largest absolute Gasteiger partial charge is 0.481 e. The van der Waals surface area contributed by atoms with Crippen LogP contribution in [-0.2, 0) is 11.2 Å². The number of aromatic nitrogens is 2. The Morgan fingerprint density at radius 1 is 1.44 bits per heavy atom. The van der Waals surface area contributed by atoms with Crippen molar-refractivity contribution in [1.29, 1.82) is 0 Å². The Balaban J connectivity index is 1.66. The van der Waals surface area contributed by atoms with Gasteiger partial charge in [-0.05, 0) is 51.3 Å². The fourth-order valence-electron chi connectivity index (χ4n) is 3.48. The van der Waals surface area contributed by atoms with E-state index in [9.17, 15) is 4.79 Å². The molecule has 1 saturated heterocycles. The SMILES string of the molecule is C=C1CC(Nc2nccc(-c3ccc(CCCC(=O)O)s3)n2)CC(C)(C)N1. The van der Waals surface area contributed by atoms with Crippen molar-refractivity contribution in [2.75, 3.05) is 5.32 Å². The maximum atomic E-state index is 10.6. The summed E-state index contributed by atoms with van der Waals surface area (Å²) in [7, 11) is 0. The van der Waals surface area contributed by atoms with Gasteiger partial charge in [-0.3, -0.25) is 4.79 Å². The smallest absolute Gasteiger partial charge is 0.303 e. The Kier molecular flexibility index (Phi) is 5.79. The number of aliphatic carboxylic acids is 1. The second-order valence-corrected chi connectivity index (χ2v) is 8.81. The molecule has 0 bridgehead atoms. The van der Waals surface area contributed by atoms with Crippen molar-refractivity contribution in [2.24, 2.45) is 0 Å². The molecule has 2 aromatic rings. The Bertz CT molecular complexity index is 831. The average molecular weight is 387 g/mol. The molecule has 0 aromatic carbocycles. The van der Waals surface area contributed by atoms with E-state index >= 15 is 0 Å². The maximum absolute atomic E-state index is 10.6. The van der Waals surface area contributed by atoms with Gasteiger partial charge in [0.05, 0.1) is 10.6 Å². The second-order valence-electron chi connectivity index (χ2n) is 7.64. The van der Waals surface area contributed by atoms with Gasteiger partial charge in [0.15, 0.2) is 0 Å². The van der Waals surface area contributed by atoms with Gasteiger partial charge in [0, 0.05) is 41.2 Å². The molecule has 0 radical (unpaired) electrons. The van der Waals surface area contributed by atoms with Gasteiger partial charge < -0.3 is 15.7 Å². The van der Waals surface area contributed by atoms with Gasteiger partial charge >= 0.3 is 5.97 Å². The van der Waals surface area contributed by atoms with Gasteiger partial charge in [-0.2, -0.15) is 0 Å². The molecule has 0 aliphatic carbocycles. The van der Waals surface area contributed by atoms with Crippen molar-refractivity contribution in [3.8, 4) is 10.6 Å². The first kappa shape index (κ1) is 19.4. The standard InChI is InChI=1S/C20H26N4O2S/c1-13-11-14(12-20(2,3)24-13)22-19-21-10-9-16(23-19)17-8-7-15(27-17)5-4-6-18(25)26/h7-10,14,24H,1,4-6,11-12H2,2-3H3,(H,25,26)(H,21,22,23). The molecule has 6 nitrogen and oxygen atoms in total. The van der Waals surface area contributed by atoms with Gasteiger partial charge in [-0.25, -0.2) is 9.97 Å². The van der Waals surface area contributed by atoms with Gasteiger partial charge in [-0.15, -0.1) is 11.3 Å². The minimum absolute atomic E-state index is 0.00319. The topological polar surface area (TPSA) is 87.1 Å². The van der Waals surface area contributed by atoms with Crippen molar-refractivity contribution in [1.82, 2.24) is 15.3 Å². The molecule has 7 heteroatoms. The molecule has 3 N–H and O–H groups in total. The van der Waals surface area contributed by atoms with Gasteiger partial charge in [0.25, 0.3) is 0 Å². The fourth-order valence-corrected chi connectivity index (χ4v) is 4.50. The summed E-state index contributed by atoms with van der Waals surface area (Å²) in [6, 6.07) is 6.25. The van der Waals surface area contributed by atoms with Crippen LogP contribution >= 0.6 is 11.3 Å². The van der Waals surface area contributed by atoms with E-state index in [0.717, 1.165) is 35.5 Å². The van der Waals surface area contributed by atoms with E-state index in [4.69, 9.17) is 5.11 Å². The number of aryl methyl sites for hydroxylation is 1. The van der Waals surface area contributed by atoms with E-state index in [1.54, 1.807) is 17.5 Å². The quantitative estimate of drug-likeness (QED) is 0.665. The number of anilines is 1. The number of rotatable bonds is 7. The second kappa shape index (κ2) is 8.08. The summed E-state index contributed by atoms with van der Waals surface area (Å²) >= 11 is 1.66. The summed E-state index contributed by atoms with van der Waals surface area (Å²) < 4.78 is 0. The first-order valence-corrected chi connectivity index (χ1v) is 9.99. The Labute approximate surface area is 163 Å². The molecular formula is C20H26N4O2S. The predicted octanol–water partition coefficient (Wildman–Crippen LogP) is 4.07. The molecular weight excluding hydrogens is 360 g/mol. The minimum Gasteiger partial charge on any atom is -0.481 e. The number of thiophene rings is 1. The molecule has 1 aliphatic heterocycles. The normalized spacial score (nSPS) is 18.7. The fraction of sp³-hybridized carbons (Fsp3) is 0.450. The van der Waals surface area contributed by atoms with Crippen molar-refractivity contribution in [3.05, 3.63) is 41.5 Å². The van der Waals surface area contributed by atoms with Gasteiger partial charge in [0.2, 0.25) is 5.95 Å². The molecule has 1 atom stereocenters. The predicted molar refractivity (Wildman–Crippen MR) is 109 cm³/mol. The lowest BCUT2D eigenvalue weighted by Gasteiger charge is -2.38. The molecule has 1 unspecified atom stereocenters. The van der Waals surface area contributed by atoms with E-state index in [1.165, 1.54) is 4.88 Å². The van der Waals surface area contributed by atoms with Crippen LogP contribution in [0.15, 0.2) is 36.7 Å². The number of hydrogen-bond acceptors (Lipinski definition) is 6. The van der Waals surface area contributed by atoms with Crippen molar-refractivity contribution in [2.45, 2.75) is 57.5 Å². The lowest BCUT2D eigenvalue weighted by molar-refractivity contribution is -0.137. The van der Waals surface area contributed by atoms with Crippen LogP contribution in [0.2, 0.25) is 0 Å². The van der Waals surface area contributed by atoms with Crippen LogP contribution in [0.4, 0.5) is 5.95 Å². The Hall–Kier alpha value is -2.41. The summed E-state index contributed by atoms with van der Waals surface area (Å²) in [5.41, 5.74) is 1.92. The molecule has 144 valence electrons. The number of carboxylic acids is 1. The monoisotopic (exact) mass is 386 g/mol. The molecule has 27 heavy (non-hydrogen) atoms. The molecule has 0 amide bonds. The van der Waals surface area contributed by atoms with Crippen LogP contribution in [0, 0.1) is 0 Å². The first-order valence-electron chi connectivity index (χ1n) is 9.17. The zero-order valence-electron chi connectivity index (χ0n) is 15.8.